The maximum absolute atomic E-state index is 13.9. The van der Waals surface area contributed by atoms with E-state index in [1.54, 1.807) is 42.1 Å². The molecule has 0 bridgehead atoms. The highest BCUT2D eigenvalue weighted by Gasteiger charge is 2.39. The van der Waals surface area contributed by atoms with Crippen molar-refractivity contribution in [3.63, 3.8) is 0 Å². The second-order valence-corrected chi connectivity index (χ2v) is 12.8. The molecule has 2 aromatic heterocycles. The first-order valence-corrected chi connectivity index (χ1v) is 14.7. The Morgan fingerprint density at radius 3 is 2.23 bits per heavy atom. The van der Waals surface area contributed by atoms with Gasteiger partial charge < -0.3 is 18.9 Å². The van der Waals surface area contributed by atoms with Crippen molar-refractivity contribution >= 4 is 16.0 Å². The van der Waals surface area contributed by atoms with Crippen LogP contribution in [0.15, 0.2) is 30.6 Å². The molecule has 1 aromatic carbocycles. The Hall–Kier alpha value is -3.29. The molecule has 1 aliphatic rings. The molecule has 0 radical (unpaired) electrons. The van der Waals surface area contributed by atoms with Gasteiger partial charge in [-0.25, -0.2) is 18.4 Å². The zero-order valence-corrected chi connectivity index (χ0v) is 25.0. The van der Waals surface area contributed by atoms with Crippen molar-refractivity contribution in [3.8, 4) is 17.2 Å². The highest BCUT2D eigenvalue weighted by Crippen LogP contribution is 2.41. The predicted molar refractivity (Wildman–Crippen MR) is 150 cm³/mol. The van der Waals surface area contributed by atoms with Gasteiger partial charge in [-0.2, -0.15) is 0 Å². The number of nitrogens with one attached hydrogen (secondary N) is 1. The molecule has 1 saturated heterocycles. The van der Waals surface area contributed by atoms with Gasteiger partial charge in [-0.15, -0.1) is 10.2 Å². The Balaban J connectivity index is 1.80. The second kappa shape index (κ2) is 11.7. The number of para-hydroxylation sites is 1. The maximum atomic E-state index is 13.9. The van der Waals surface area contributed by atoms with E-state index in [0.717, 1.165) is 5.56 Å². The third kappa shape index (κ3) is 6.21. The second-order valence-electron chi connectivity index (χ2n) is 10.8. The van der Waals surface area contributed by atoms with Crippen molar-refractivity contribution in [2.45, 2.75) is 76.9 Å². The number of rotatable bonds is 11. The van der Waals surface area contributed by atoms with Crippen molar-refractivity contribution in [2.24, 2.45) is 0 Å². The van der Waals surface area contributed by atoms with Gasteiger partial charge >= 0.3 is 0 Å². The summed E-state index contributed by atoms with van der Waals surface area (Å²) in [6.07, 6.45) is 2.73. The van der Waals surface area contributed by atoms with E-state index in [4.69, 9.17) is 18.9 Å². The number of nitrogens with zero attached hydrogens (tertiary/aromatic N) is 5. The minimum absolute atomic E-state index is 0.0116. The van der Waals surface area contributed by atoms with Crippen molar-refractivity contribution in [3.05, 3.63) is 47.8 Å². The molecule has 3 aromatic rings. The lowest BCUT2D eigenvalue weighted by Crippen LogP contribution is -2.35. The number of hydrogen-bond donors (Lipinski definition) is 1. The number of methoxy groups -OCH3 is 2. The number of anilines is 1. The summed E-state index contributed by atoms with van der Waals surface area (Å²) in [6, 6.07) is 5.31. The van der Waals surface area contributed by atoms with Crippen LogP contribution in [0.5, 0.6) is 11.5 Å². The summed E-state index contributed by atoms with van der Waals surface area (Å²) in [5.41, 5.74) is 0.959. The van der Waals surface area contributed by atoms with Gasteiger partial charge in [-0.3, -0.25) is 9.29 Å². The molecule has 1 aliphatic heterocycles. The van der Waals surface area contributed by atoms with E-state index in [0.29, 0.717) is 36.0 Å². The largest absolute Gasteiger partial charge is 0.494 e. The molecule has 12 nitrogen and oxygen atoms in total. The first-order chi connectivity index (χ1) is 18.9. The Kier molecular flexibility index (Phi) is 8.66. The molecule has 13 heteroatoms. The highest BCUT2D eigenvalue weighted by molar-refractivity contribution is 7.93. The Labute approximate surface area is 235 Å². The van der Waals surface area contributed by atoms with Crippen LogP contribution in [0.2, 0.25) is 0 Å². The van der Waals surface area contributed by atoms with Crippen LogP contribution in [0.1, 0.15) is 70.3 Å². The molecule has 218 valence electrons. The zero-order valence-electron chi connectivity index (χ0n) is 24.2. The molecule has 3 atom stereocenters. The standard InChI is InChI=1S/C27H38N6O6S/c1-16(2)39-23(24-28-13-17(3)14-29-24)18(4)40(34,35)32-26-31-30-25(19-12-27(5,6)38-15-19)33(26)22-20(36-7)10-9-11-21(22)37-8/h9-11,13-14,16,18-19,23H,12,15H2,1-8H3,(H,31,32)/t18?,19-,23?/m1/s1. The van der Waals surface area contributed by atoms with Crippen molar-refractivity contribution in [1.82, 2.24) is 24.7 Å². The maximum Gasteiger partial charge on any atom is 0.243 e. The topological polar surface area (TPSA) is 140 Å². The minimum Gasteiger partial charge on any atom is -0.494 e. The molecule has 3 heterocycles. The van der Waals surface area contributed by atoms with Crippen LogP contribution < -0.4 is 14.2 Å². The van der Waals surface area contributed by atoms with E-state index in [-0.39, 0.29) is 29.4 Å². The van der Waals surface area contributed by atoms with E-state index >= 15 is 0 Å². The molecule has 0 amide bonds. The average Bonchev–Trinajstić information content (AvgIpc) is 3.48. The van der Waals surface area contributed by atoms with Crippen LogP contribution >= 0.6 is 0 Å². The molecule has 40 heavy (non-hydrogen) atoms. The zero-order chi connectivity index (χ0) is 29.2. The summed E-state index contributed by atoms with van der Waals surface area (Å²) >= 11 is 0. The monoisotopic (exact) mass is 574 g/mol. The molecule has 0 aliphatic carbocycles. The van der Waals surface area contributed by atoms with Gasteiger partial charge in [-0.05, 0) is 65.7 Å². The van der Waals surface area contributed by atoms with Crippen LogP contribution in [0.4, 0.5) is 5.95 Å². The van der Waals surface area contributed by atoms with Crippen LogP contribution in [-0.4, -0.2) is 70.9 Å². The molecule has 1 fully saturated rings. The smallest absolute Gasteiger partial charge is 0.243 e. The molecule has 0 spiro atoms. The third-order valence-electron chi connectivity index (χ3n) is 6.72. The lowest BCUT2D eigenvalue weighted by atomic mass is 9.97. The van der Waals surface area contributed by atoms with Crippen LogP contribution in [0.25, 0.3) is 5.69 Å². The molecular formula is C27H38N6O6S. The SMILES string of the molecule is COc1cccc(OC)c1-n1c(NS(=O)(=O)C(C)C(OC(C)C)c2ncc(C)cn2)nnc1[C@H]1COC(C)(C)C1. The average molecular weight is 575 g/mol. The summed E-state index contributed by atoms with van der Waals surface area (Å²) < 4.78 is 55.3. The molecule has 2 unspecified atom stereocenters. The number of sulfonamides is 1. The van der Waals surface area contributed by atoms with E-state index < -0.39 is 21.4 Å². The van der Waals surface area contributed by atoms with E-state index in [1.807, 2.05) is 34.6 Å². The quantitative estimate of drug-likeness (QED) is 0.358. The lowest BCUT2D eigenvalue weighted by molar-refractivity contribution is 0.00152. The van der Waals surface area contributed by atoms with Crippen molar-refractivity contribution in [2.75, 3.05) is 25.5 Å². The predicted octanol–water partition coefficient (Wildman–Crippen LogP) is 3.96. The molecule has 1 N–H and O–H groups in total. The fourth-order valence-corrected chi connectivity index (χ4v) is 5.79. The number of benzene rings is 1. The van der Waals surface area contributed by atoms with Gasteiger partial charge in [0.2, 0.25) is 16.0 Å². The molecule has 0 saturated carbocycles. The van der Waals surface area contributed by atoms with Crippen molar-refractivity contribution < 1.29 is 27.4 Å². The van der Waals surface area contributed by atoms with Gasteiger partial charge in [0.05, 0.1) is 32.5 Å². The normalized spacial score (nSPS) is 18.5. The Bertz CT molecular complexity index is 1400. The van der Waals surface area contributed by atoms with Crippen molar-refractivity contribution in [1.29, 1.82) is 0 Å². The summed E-state index contributed by atoms with van der Waals surface area (Å²) in [4.78, 5) is 8.69. The van der Waals surface area contributed by atoms with Crippen LogP contribution in [0.3, 0.4) is 0 Å². The Morgan fingerprint density at radius 2 is 1.70 bits per heavy atom. The summed E-state index contributed by atoms with van der Waals surface area (Å²) in [6.45, 7) is 11.5. The third-order valence-corrected chi connectivity index (χ3v) is 8.41. The number of aryl methyl sites for hydroxylation is 1. The van der Waals surface area contributed by atoms with E-state index in [1.165, 1.54) is 14.2 Å². The van der Waals surface area contributed by atoms with Gasteiger partial charge in [0.1, 0.15) is 34.4 Å². The first kappa shape index (κ1) is 29.7. The summed E-state index contributed by atoms with van der Waals surface area (Å²) in [5.74, 6) is 1.56. The highest BCUT2D eigenvalue weighted by atomic mass is 32.2. The van der Waals surface area contributed by atoms with Gasteiger partial charge in [0.25, 0.3) is 0 Å². The lowest BCUT2D eigenvalue weighted by Gasteiger charge is -2.26. The Morgan fingerprint density at radius 1 is 1.07 bits per heavy atom. The number of ether oxygens (including phenoxy) is 4. The van der Waals surface area contributed by atoms with E-state index in [2.05, 4.69) is 24.9 Å². The number of hydrogen-bond acceptors (Lipinski definition) is 10. The fourth-order valence-electron chi connectivity index (χ4n) is 4.71. The van der Waals surface area contributed by atoms with Gasteiger partial charge in [0, 0.05) is 18.3 Å². The number of aromatic nitrogens is 5. The van der Waals surface area contributed by atoms with Gasteiger partial charge in [0.15, 0.2) is 5.82 Å². The molecule has 4 rings (SSSR count). The van der Waals surface area contributed by atoms with E-state index in [9.17, 15) is 8.42 Å². The van der Waals surface area contributed by atoms with Crippen LogP contribution in [-0.2, 0) is 19.5 Å². The molecular weight excluding hydrogens is 536 g/mol. The minimum atomic E-state index is -4.11. The summed E-state index contributed by atoms with van der Waals surface area (Å²) in [5, 5.41) is 7.64. The summed E-state index contributed by atoms with van der Waals surface area (Å²) in [7, 11) is -1.04. The van der Waals surface area contributed by atoms with Crippen LogP contribution in [0, 0.1) is 6.92 Å². The first-order valence-electron chi connectivity index (χ1n) is 13.1. The van der Waals surface area contributed by atoms with Gasteiger partial charge in [-0.1, -0.05) is 6.07 Å². The fraction of sp³-hybridized carbons (Fsp3) is 0.556.